The molecule has 1 heterocycles. The zero-order valence-electron chi connectivity index (χ0n) is 10.4. The van der Waals surface area contributed by atoms with Gasteiger partial charge in [0, 0.05) is 29.3 Å². The van der Waals surface area contributed by atoms with Gasteiger partial charge in [-0.1, -0.05) is 0 Å². The van der Waals surface area contributed by atoms with Crippen molar-refractivity contribution in [3.8, 4) is 0 Å². The normalized spacial score (nSPS) is 10.2. The quantitative estimate of drug-likeness (QED) is 0.526. The van der Waals surface area contributed by atoms with Crippen LogP contribution in [0, 0.1) is 10.1 Å². The van der Waals surface area contributed by atoms with Gasteiger partial charge in [-0.3, -0.25) is 14.9 Å². The molecule has 0 saturated carbocycles. The van der Waals surface area contributed by atoms with E-state index in [0.29, 0.717) is 10.3 Å². The van der Waals surface area contributed by atoms with Gasteiger partial charge < -0.3 is 10.1 Å². The van der Waals surface area contributed by atoms with Crippen molar-refractivity contribution in [2.24, 2.45) is 0 Å². The first-order valence-electron chi connectivity index (χ1n) is 5.57. The van der Waals surface area contributed by atoms with Crippen molar-refractivity contribution in [3.63, 3.8) is 0 Å². The second-order valence-electron chi connectivity index (χ2n) is 3.84. The number of hydrogen-bond donors (Lipinski definition) is 1. The molecule has 0 aliphatic heterocycles. The number of nitrogens with one attached hydrogen (secondary N) is 1. The Labute approximate surface area is 117 Å². The lowest BCUT2D eigenvalue weighted by Gasteiger charge is -2.00. The Hall–Kier alpha value is -2.48. The molecule has 1 N–H and O–H groups in total. The Bertz CT molecular complexity index is 694. The van der Waals surface area contributed by atoms with E-state index in [9.17, 15) is 19.7 Å². The van der Waals surface area contributed by atoms with Crippen LogP contribution in [0.3, 0.4) is 0 Å². The summed E-state index contributed by atoms with van der Waals surface area (Å²) in [6.45, 7) is -0.357. The van der Waals surface area contributed by atoms with Gasteiger partial charge in [0.2, 0.25) is 0 Å². The molecule has 0 saturated heterocycles. The number of amides is 1. The lowest BCUT2D eigenvalue weighted by Crippen LogP contribution is -2.24. The van der Waals surface area contributed by atoms with E-state index in [-0.39, 0.29) is 12.3 Å². The minimum atomic E-state index is -0.627. The Morgan fingerprint density at radius 2 is 2.15 bits per heavy atom. The van der Waals surface area contributed by atoms with Crippen LogP contribution in [0.1, 0.15) is 9.67 Å². The van der Waals surface area contributed by atoms with E-state index < -0.39 is 16.8 Å². The standard InChI is InChI=1S/C12H10N2O5S/c1-13-11(15)6-19-12(16)10-5-7-4-8(14(17)18)2-3-9(7)20-10/h2-5H,6H2,1H3,(H,13,15). The van der Waals surface area contributed by atoms with Gasteiger partial charge in [-0.05, 0) is 12.1 Å². The second kappa shape index (κ2) is 5.66. The fraction of sp³-hybridized carbons (Fsp3) is 0.167. The topological polar surface area (TPSA) is 98.5 Å². The summed E-state index contributed by atoms with van der Waals surface area (Å²) < 4.78 is 5.55. The first kappa shape index (κ1) is 13.9. The zero-order valence-corrected chi connectivity index (χ0v) is 11.2. The summed E-state index contributed by atoms with van der Waals surface area (Å²) in [7, 11) is 1.44. The number of hydrogen-bond acceptors (Lipinski definition) is 6. The van der Waals surface area contributed by atoms with Crippen LogP contribution in [-0.2, 0) is 9.53 Å². The SMILES string of the molecule is CNC(=O)COC(=O)c1cc2cc([N+](=O)[O-])ccc2s1. The summed E-state index contributed by atoms with van der Waals surface area (Å²) in [6, 6.07) is 5.85. The fourth-order valence-corrected chi connectivity index (χ4v) is 2.46. The van der Waals surface area contributed by atoms with Crippen molar-refractivity contribution in [1.29, 1.82) is 0 Å². The van der Waals surface area contributed by atoms with Crippen LogP contribution in [0.4, 0.5) is 5.69 Å². The van der Waals surface area contributed by atoms with E-state index in [0.717, 1.165) is 16.0 Å². The summed E-state index contributed by atoms with van der Waals surface area (Å²) in [5, 5.41) is 13.6. The average molecular weight is 294 g/mol. The molecule has 1 aromatic heterocycles. The first-order valence-corrected chi connectivity index (χ1v) is 6.38. The number of ether oxygens (including phenoxy) is 1. The molecular weight excluding hydrogens is 284 g/mol. The molecule has 0 radical (unpaired) electrons. The van der Waals surface area contributed by atoms with E-state index in [1.807, 2.05) is 0 Å². The Morgan fingerprint density at radius 3 is 2.80 bits per heavy atom. The Balaban J connectivity index is 2.21. The number of carbonyl (C=O) groups is 2. The van der Waals surface area contributed by atoms with E-state index in [1.165, 1.54) is 25.2 Å². The number of thiophene rings is 1. The van der Waals surface area contributed by atoms with Gasteiger partial charge in [-0.2, -0.15) is 0 Å². The van der Waals surface area contributed by atoms with Crippen molar-refractivity contribution in [3.05, 3.63) is 39.3 Å². The predicted molar refractivity (Wildman–Crippen MR) is 72.8 cm³/mol. The van der Waals surface area contributed by atoms with Crippen molar-refractivity contribution in [2.45, 2.75) is 0 Å². The van der Waals surface area contributed by atoms with Crippen LogP contribution in [0.15, 0.2) is 24.3 Å². The number of nitrogens with zero attached hydrogens (tertiary/aromatic N) is 1. The molecule has 7 nitrogen and oxygen atoms in total. The summed E-state index contributed by atoms with van der Waals surface area (Å²) in [5.74, 6) is -1.03. The molecule has 2 aromatic rings. The van der Waals surface area contributed by atoms with Crippen molar-refractivity contribution < 1.29 is 19.2 Å². The number of non-ortho nitro benzene ring substituents is 1. The highest BCUT2D eigenvalue weighted by atomic mass is 32.1. The zero-order chi connectivity index (χ0) is 14.7. The van der Waals surface area contributed by atoms with Crippen LogP contribution < -0.4 is 5.32 Å². The molecule has 2 rings (SSSR count). The predicted octanol–water partition coefficient (Wildman–Crippen LogP) is 1.71. The number of fused-ring (bicyclic) bond motifs is 1. The minimum absolute atomic E-state index is 0.0411. The largest absolute Gasteiger partial charge is 0.451 e. The lowest BCUT2D eigenvalue weighted by molar-refractivity contribution is -0.384. The minimum Gasteiger partial charge on any atom is -0.451 e. The molecule has 1 aromatic carbocycles. The maximum Gasteiger partial charge on any atom is 0.348 e. The molecule has 1 amide bonds. The molecule has 0 bridgehead atoms. The highest BCUT2D eigenvalue weighted by Crippen LogP contribution is 2.29. The van der Waals surface area contributed by atoms with Crippen molar-refractivity contribution >= 4 is 39.0 Å². The third-order valence-corrected chi connectivity index (χ3v) is 3.62. The van der Waals surface area contributed by atoms with Crippen LogP contribution in [0.2, 0.25) is 0 Å². The van der Waals surface area contributed by atoms with Crippen LogP contribution in [0.25, 0.3) is 10.1 Å². The number of carbonyl (C=O) groups excluding carboxylic acids is 2. The van der Waals surface area contributed by atoms with Gasteiger partial charge in [0.25, 0.3) is 11.6 Å². The molecule has 0 spiro atoms. The summed E-state index contributed by atoms with van der Waals surface area (Å²) >= 11 is 1.16. The molecule has 0 atom stereocenters. The molecule has 8 heteroatoms. The van der Waals surface area contributed by atoms with Gasteiger partial charge in [0.05, 0.1) is 4.92 Å². The maximum atomic E-state index is 11.7. The first-order chi connectivity index (χ1) is 9.51. The molecular formula is C12H10N2O5S. The Kier molecular flexibility index (Phi) is 3.94. The molecule has 20 heavy (non-hydrogen) atoms. The van der Waals surface area contributed by atoms with Gasteiger partial charge in [0.15, 0.2) is 6.61 Å². The van der Waals surface area contributed by atoms with Crippen molar-refractivity contribution in [1.82, 2.24) is 5.32 Å². The molecule has 0 unspecified atom stereocenters. The number of nitro groups is 1. The van der Waals surface area contributed by atoms with Crippen LogP contribution >= 0.6 is 11.3 Å². The summed E-state index contributed by atoms with van der Waals surface area (Å²) in [5.41, 5.74) is -0.0411. The smallest absolute Gasteiger partial charge is 0.348 e. The third-order valence-electron chi connectivity index (χ3n) is 2.53. The van der Waals surface area contributed by atoms with E-state index in [2.05, 4.69) is 5.32 Å². The van der Waals surface area contributed by atoms with Crippen molar-refractivity contribution in [2.75, 3.05) is 13.7 Å². The highest BCUT2D eigenvalue weighted by Gasteiger charge is 2.15. The average Bonchev–Trinajstić information content (AvgIpc) is 2.87. The van der Waals surface area contributed by atoms with Crippen LogP contribution in [-0.4, -0.2) is 30.5 Å². The van der Waals surface area contributed by atoms with E-state index in [1.54, 1.807) is 6.07 Å². The summed E-state index contributed by atoms with van der Waals surface area (Å²) in [4.78, 5) is 33.2. The summed E-state index contributed by atoms with van der Waals surface area (Å²) in [6.07, 6.45) is 0. The number of benzene rings is 1. The maximum absolute atomic E-state index is 11.7. The number of esters is 1. The van der Waals surface area contributed by atoms with Gasteiger partial charge >= 0.3 is 5.97 Å². The Morgan fingerprint density at radius 1 is 1.40 bits per heavy atom. The molecule has 0 aliphatic carbocycles. The monoisotopic (exact) mass is 294 g/mol. The molecule has 0 fully saturated rings. The number of likely N-dealkylation sites (N-methyl/N-ethyl adjacent to an activating group) is 1. The second-order valence-corrected chi connectivity index (χ2v) is 4.92. The molecule has 0 aliphatic rings. The molecule has 104 valence electrons. The third kappa shape index (κ3) is 2.91. The van der Waals surface area contributed by atoms with E-state index in [4.69, 9.17) is 4.74 Å². The highest BCUT2D eigenvalue weighted by molar-refractivity contribution is 7.20. The fourth-order valence-electron chi connectivity index (χ4n) is 1.52. The lowest BCUT2D eigenvalue weighted by atomic mass is 10.2. The van der Waals surface area contributed by atoms with E-state index >= 15 is 0 Å². The van der Waals surface area contributed by atoms with Crippen LogP contribution in [0.5, 0.6) is 0 Å². The van der Waals surface area contributed by atoms with Gasteiger partial charge in [-0.15, -0.1) is 11.3 Å². The van der Waals surface area contributed by atoms with Gasteiger partial charge in [-0.25, -0.2) is 4.79 Å². The number of rotatable bonds is 4. The number of nitro benzene ring substituents is 1. The van der Waals surface area contributed by atoms with Gasteiger partial charge in [0.1, 0.15) is 4.88 Å².